The summed E-state index contributed by atoms with van der Waals surface area (Å²) in [5.74, 6) is 0.652. The summed E-state index contributed by atoms with van der Waals surface area (Å²) in [6, 6.07) is 9.80. The van der Waals surface area contributed by atoms with Gasteiger partial charge in [0.05, 0.1) is 11.0 Å². The van der Waals surface area contributed by atoms with Gasteiger partial charge in [-0.25, -0.2) is 0 Å². The summed E-state index contributed by atoms with van der Waals surface area (Å²) in [5.41, 5.74) is 1.14. The van der Waals surface area contributed by atoms with E-state index in [1.165, 1.54) is 0 Å². The van der Waals surface area contributed by atoms with Gasteiger partial charge in [0.1, 0.15) is 5.75 Å². The van der Waals surface area contributed by atoms with Gasteiger partial charge in [0.25, 0.3) is 5.91 Å². The van der Waals surface area contributed by atoms with Crippen LogP contribution in [0.15, 0.2) is 40.2 Å². The van der Waals surface area contributed by atoms with Gasteiger partial charge in [-0.05, 0) is 52.0 Å². The highest BCUT2D eigenvalue weighted by atomic mass is 79.9. The number of carbonyl (C=O) groups excluding carboxylic acids is 1. The Morgan fingerprint density at radius 2 is 2.20 bits per heavy atom. The molecule has 5 heteroatoms. The number of ether oxygens (including phenoxy) is 1. The molecule has 0 aliphatic heterocycles. The standard InChI is InChI=1S/C15H16BrNO2S/c1-11-5-6-14(13(16)8-11)19-10-15(18)17(2)9-12-4-3-7-20-12/h3-8H,9-10H2,1-2H3. The van der Waals surface area contributed by atoms with Gasteiger partial charge in [-0.2, -0.15) is 0 Å². The zero-order valence-corrected chi connectivity index (χ0v) is 13.8. The number of carbonyl (C=O) groups is 1. The van der Waals surface area contributed by atoms with Crippen molar-refractivity contribution in [1.29, 1.82) is 0 Å². The zero-order valence-electron chi connectivity index (χ0n) is 11.4. The summed E-state index contributed by atoms with van der Waals surface area (Å²) < 4.78 is 6.43. The first-order valence-electron chi connectivity index (χ1n) is 6.21. The molecule has 0 aliphatic carbocycles. The fourth-order valence-electron chi connectivity index (χ4n) is 1.70. The highest BCUT2D eigenvalue weighted by Gasteiger charge is 2.11. The minimum atomic E-state index is -0.0362. The highest BCUT2D eigenvalue weighted by Crippen LogP contribution is 2.25. The third kappa shape index (κ3) is 4.08. The average molecular weight is 354 g/mol. The molecule has 1 amide bonds. The topological polar surface area (TPSA) is 29.5 Å². The first-order chi connectivity index (χ1) is 9.56. The number of hydrogen-bond donors (Lipinski definition) is 0. The van der Waals surface area contributed by atoms with E-state index in [2.05, 4.69) is 15.9 Å². The second kappa shape index (κ2) is 6.90. The van der Waals surface area contributed by atoms with E-state index in [1.807, 2.05) is 42.6 Å². The molecule has 0 saturated carbocycles. The van der Waals surface area contributed by atoms with Gasteiger partial charge in [0.15, 0.2) is 6.61 Å². The number of halogens is 1. The summed E-state index contributed by atoms with van der Waals surface area (Å²) in [7, 11) is 1.79. The van der Waals surface area contributed by atoms with Crippen LogP contribution in [0.3, 0.4) is 0 Å². The molecule has 20 heavy (non-hydrogen) atoms. The van der Waals surface area contributed by atoms with E-state index >= 15 is 0 Å². The van der Waals surface area contributed by atoms with Crippen LogP contribution in [0.1, 0.15) is 10.4 Å². The van der Waals surface area contributed by atoms with E-state index in [1.54, 1.807) is 23.3 Å². The molecule has 0 unspecified atom stereocenters. The molecule has 0 atom stereocenters. The lowest BCUT2D eigenvalue weighted by Gasteiger charge is -2.17. The minimum Gasteiger partial charge on any atom is -0.483 e. The van der Waals surface area contributed by atoms with E-state index in [0.29, 0.717) is 12.3 Å². The maximum absolute atomic E-state index is 12.0. The zero-order chi connectivity index (χ0) is 14.5. The first kappa shape index (κ1) is 15.1. The molecule has 1 aromatic heterocycles. The lowest BCUT2D eigenvalue weighted by Crippen LogP contribution is -2.30. The predicted molar refractivity (Wildman–Crippen MR) is 85.2 cm³/mol. The molecule has 0 fully saturated rings. The maximum Gasteiger partial charge on any atom is 0.260 e. The first-order valence-corrected chi connectivity index (χ1v) is 7.89. The Bertz CT molecular complexity index is 584. The number of thiophene rings is 1. The third-order valence-corrected chi connectivity index (χ3v) is 4.32. The van der Waals surface area contributed by atoms with Crippen LogP contribution in [0, 0.1) is 6.92 Å². The second-order valence-electron chi connectivity index (χ2n) is 4.55. The fraction of sp³-hybridized carbons (Fsp3) is 0.267. The quantitative estimate of drug-likeness (QED) is 0.816. The van der Waals surface area contributed by atoms with Gasteiger partial charge in [0, 0.05) is 11.9 Å². The smallest absolute Gasteiger partial charge is 0.260 e. The van der Waals surface area contributed by atoms with E-state index in [-0.39, 0.29) is 12.5 Å². The van der Waals surface area contributed by atoms with Crippen LogP contribution in [-0.4, -0.2) is 24.5 Å². The van der Waals surface area contributed by atoms with Crippen molar-refractivity contribution in [2.75, 3.05) is 13.7 Å². The van der Waals surface area contributed by atoms with Crippen LogP contribution < -0.4 is 4.74 Å². The summed E-state index contributed by atoms with van der Waals surface area (Å²) in [5, 5.41) is 2.01. The Kier molecular flexibility index (Phi) is 5.20. The Balaban J connectivity index is 1.88. The van der Waals surface area contributed by atoms with Crippen molar-refractivity contribution in [2.45, 2.75) is 13.5 Å². The van der Waals surface area contributed by atoms with Crippen LogP contribution in [-0.2, 0) is 11.3 Å². The van der Waals surface area contributed by atoms with Crippen molar-refractivity contribution in [3.63, 3.8) is 0 Å². The number of benzene rings is 1. The Hall–Kier alpha value is -1.33. The minimum absolute atomic E-state index is 0.0362. The molecule has 0 spiro atoms. The Morgan fingerprint density at radius 3 is 2.85 bits per heavy atom. The lowest BCUT2D eigenvalue weighted by molar-refractivity contribution is -0.132. The van der Waals surface area contributed by atoms with Crippen molar-refractivity contribution in [3.05, 3.63) is 50.6 Å². The van der Waals surface area contributed by atoms with Gasteiger partial charge in [-0.15, -0.1) is 11.3 Å². The van der Waals surface area contributed by atoms with Crippen molar-refractivity contribution in [3.8, 4) is 5.75 Å². The number of hydrogen-bond acceptors (Lipinski definition) is 3. The van der Waals surface area contributed by atoms with Gasteiger partial charge in [-0.3, -0.25) is 4.79 Å². The number of nitrogens with zero attached hydrogens (tertiary/aromatic N) is 1. The molecule has 1 aromatic carbocycles. The van der Waals surface area contributed by atoms with Gasteiger partial charge < -0.3 is 9.64 Å². The molecule has 3 nitrogen and oxygen atoms in total. The SMILES string of the molecule is Cc1ccc(OCC(=O)N(C)Cc2cccs2)c(Br)c1. The second-order valence-corrected chi connectivity index (χ2v) is 6.44. The molecule has 2 rings (SSSR count). The normalized spacial score (nSPS) is 10.3. The van der Waals surface area contributed by atoms with E-state index in [0.717, 1.165) is 14.9 Å². The number of likely N-dealkylation sites (N-methyl/N-ethyl adjacent to an activating group) is 1. The van der Waals surface area contributed by atoms with E-state index in [9.17, 15) is 4.79 Å². The number of amides is 1. The van der Waals surface area contributed by atoms with Crippen molar-refractivity contribution in [1.82, 2.24) is 4.90 Å². The van der Waals surface area contributed by atoms with Crippen LogP contribution in [0.2, 0.25) is 0 Å². The summed E-state index contributed by atoms with van der Waals surface area (Å²) >= 11 is 5.08. The highest BCUT2D eigenvalue weighted by molar-refractivity contribution is 9.10. The molecule has 0 bridgehead atoms. The van der Waals surface area contributed by atoms with Crippen molar-refractivity contribution < 1.29 is 9.53 Å². The Morgan fingerprint density at radius 1 is 1.40 bits per heavy atom. The van der Waals surface area contributed by atoms with Crippen LogP contribution in [0.25, 0.3) is 0 Å². The van der Waals surface area contributed by atoms with E-state index in [4.69, 9.17) is 4.74 Å². The van der Waals surface area contributed by atoms with Gasteiger partial charge >= 0.3 is 0 Å². The van der Waals surface area contributed by atoms with Crippen LogP contribution in [0.5, 0.6) is 5.75 Å². The van der Waals surface area contributed by atoms with Crippen LogP contribution in [0.4, 0.5) is 0 Å². The molecule has 0 N–H and O–H groups in total. The lowest BCUT2D eigenvalue weighted by atomic mass is 10.2. The van der Waals surface area contributed by atoms with Gasteiger partial charge in [-0.1, -0.05) is 12.1 Å². The molecule has 2 aromatic rings. The molecule has 1 heterocycles. The number of aryl methyl sites for hydroxylation is 1. The van der Waals surface area contributed by atoms with Crippen molar-refractivity contribution >= 4 is 33.2 Å². The summed E-state index contributed by atoms with van der Waals surface area (Å²) in [4.78, 5) is 14.8. The third-order valence-electron chi connectivity index (χ3n) is 2.84. The molecule has 0 radical (unpaired) electrons. The molecular formula is C15H16BrNO2S. The van der Waals surface area contributed by atoms with Crippen molar-refractivity contribution in [2.24, 2.45) is 0 Å². The molecule has 106 valence electrons. The maximum atomic E-state index is 12.0. The molecular weight excluding hydrogens is 338 g/mol. The fourth-order valence-corrected chi connectivity index (χ4v) is 3.06. The summed E-state index contributed by atoms with van der Waals surface area (Å²) in [6.45, 7) is 2.67. The van der Waals surface area contributed by atoms with E-state index < -0.39 is 0 Å². The molecule has 0 aliphatic rings. The monoisotopic (exact) mass is 353 g/mol. The summed E-state index contributed by atoms with van der Waals surface area (Å²) in [6.07, 6.45) is 0. The predicted octanol–water partition coefficient (Wildman–Crippen LogP) is 3.86. The largest absolute Gasteiger partial charge is 0.483 e. The average Bonchev–Trinajstić information content (AvgIpc) is 2.90. The molecule has 0 saturated heterocycles. The van der Waals surface area contributed by atoms with Gasteiger partial charge in [0.2, 0.25) is 0 Å². The number of rotatable bonds is 5. The van der Waals surface area contributed by atoms with Crippen LogP contribution >= 0.6 is 27.3 Å². The Labute approximate surface area is 131 Å².